The summed E-state index contributed by atoms with van der Waals surface area (Å²) in [6.45, 7) is 3.95. The zero-order chi connectivity index (χ0) is 21.8. The van der Waals surface area contributed by atoms with Crippen LogP contribution in [-0.2, 0) is 6.54 Å². The van der Waals surface area contributed by atoms with Gasteiger partial charge in [-0.2, -0.15) is 0 Å². The molecule has 0 radical (unpaired) electrons. The average molecular weight is 413 g/mol. The first-order chi connectivity index (χ1) is 15.0. The molecule has 0 saturated heterocycles. The van der Waals surface area contributed by atoms with Gasteiger partial charge in [0.2, 0.25) is 0 Å². The molecule has 0 aromatic carbocycles. The second kappa shape index (κ2) is 8.79. The molecule has 0 aliphatic rings. The first-order valence-corrected chi connectivity index (χ1v) is 9.75. The predicted octanol–water partition coefficient (Wildman–Crippen LogP) is 4.29. The topological polar surface area (TPSA) is 80.7 Å². The molecule has 0 fully saturated rings. The maximum atomic E-state index is 14.5. The van der Waals surface area contributed by atoms with Gasteiger partial charge in [0, 0.05) is 48.2 Å². The van der Waals surface area contributed by atoms with Gasteiger partial charge >= 0.3 is 0 Å². The monoisotopic (exact) mass is 413 g/mol. The number of aromatic nitrogens is 4. The molecule has 0 spiro atoms. The summed E-state index contributed by atoms with van der Waals surface area (Å²) in [7, 11) is 0. The number of aryl methyl sites for hydroxylation is 2. The van der Waals surface area contributed by atoms with Crippen molar-refractivity contribution in [1.82, 2.24) is 25.3 Å². The minimum absolute atomic E-state index is 0.140. The van der Waals surface area contributed by atoms with E-state index in [1.807, 2.05) is 32.0 Å². The van der Waals surface area contributed by atoms with Gasteiger partial charge in [-0.15, -0.1) is 0 Å². The Morgan fingerprint density at radius 2 is 1.77 bits per heavy atom. The third-order valence-electron chi connectivity index (χ3n) is 4.80. The molecule has 0 aliphatic heterocycles. The fraction of sp³-hybridized carbons (Fsp3) is 0.125. The highest BCUT2D eigenvalue weighted by molar-refractivity contribution is 5.92. The predicted molar refractivity (Wildman–Crippen MR) is 116 cm³/mol. The van der Waals surface area contributed by atoms with E-state index >= 15 is 0 Å². The molecule has 1 N–H and O–H groups in total. The highest BCUT2D eigenvalue weighted by Crippen LogP contribution is 2.22. The third kappa shape index (κ3) is 4.61. The van der Waals surface area contributed by atoms with E-state index in [0.717, 1.165) is 22.5 Å². The van der Waals surface area contributed by atoms with Crippen LogP contribution in [0, 0.1) is 19.7 Å². The number of carbonyl (C=O) groups excluding carboxylic acids is 1. The average Bonchev–Trinajstić information content (AvgIpc) is 2.78. The van der Waals surface area contributed by atoms with Crippen LogP contribution in [0.15, 0.2) is 67.3 Å². The number of rotatable bonds is 5. The van der Waals surface area contributed by atoms with Gasteiger partial charge in [-0.25, -0.2) is 4.39 Å². The highest BCUT2D eigenvalue weighted by Gasteiger charge is 2.12. The third-order valence-corrected chi connectivity index (χ3v) is 4.80. The van der Waals surface area contributed by atoms with Crippen LogP contribution in [0.1, 0.15) is 27.3 Å². The number of nitrogens with one attached hydrogen (secondary N) is 1. The molecule has 4 heterocycles. The Labute approximate surface area is 179 Å². The Morgan fingerprint density at radius 1 is 0.903 bits per heavy atom. The number of amides is 1. The fourth-order valence-corrected chi connectivity index (χ4v) is 3.21. The standard InChI is InChI=1S/C24H20FN5O/c1-15-4-3-8-27-22(15)19-5-6-21(28-14-19)24(31)30-13-17-11-20(25)23(29-12-17)18-7-9-26-16(2)10-18/h3-12,14H,13H2,1-2H3,(H,30,31). The second-order valence-corrected chi connectivity index (χ2v) is 7.14. The number of nitrogens with zero attached hydrogens (tertiary/aromatic N) is 4. The lowest BCUT2D eigenvalue weighted by atomic mass is 10.1. The lowest BCUT2D eigenvalue weighted by Crippen LogP contribution is -2.24. The first-order valence-electron chi connectivity index (χ1n) is 9.75. The van der Waals surface area contributed by atoms with Gasteiger partial charge in [0.25, 0.3) is 5.91 Å². The smallest absolute Gasteiger partial charge is 0.270 e. The first kappa shape index (κ1) is 20.3. The fourth-order valence-electron chi connectivity index (χ4n) is 3.21. The Kier molecular flexibility index (Phi) is 5.75. The van der Waals surface area contributed by atoms with Gasteiger partial charge in [0.05, 0.1) is 5.69 Å². The molecule has 6 nitrogen and oxygen atoms in total. The molecule has 4 aromatic rings. The zero-order valence-corrected chi connectivity index (χ0v) is 17.1. The van der Waals surface area contributed by atoms with E-state index in [1.54, 1.807) is 43.0 Å². The summed E-state index contributed by atoms with van der Waals surface area (Å²) in [5, 5.41) is 2.75. The number of halogens is 1. The maximum Gasteiger partial charge on any atom is 0.270 e. The Hall–Kier alpha value is -4.00. The Morgan fingerprint density at radius 3 is 2.48 bits per heavy atom. The van der Waals surface area contributed by atoms with Gasteiger partial charge in [0.1, 0.15) is 17.2 Å². The van der Waals surface area contributed by atoms with E-state index in [1.165, 1.54) is 6.07 Å². The summed E-state index contributed by atoms with van der Waals surface area (Å²) in [6, 6.07) is 12.2. The van der Waals surface area contributed by atoms with Crippen LogP contribution in [0.25, 0.3) is 22.5 Å². The van der Waals surface area contributed by atoms with Crippen LogP contribution in [0.3, 0.4) is 0 Å². The Balaban J connectivity index is 1.43. The number of hydrogen-bond acceptors (Lipinski definition) is 5. The molecule has 0 saturated carbocycles. The normalized spacial score (nSPS) is 10.7. The zero-order valence-electron chi connectivity index (χ0n) is 17.1. The van der Waals surface area contributed by atoms with Crippen LogP contribution in [0.2, 0.25) is 0 Å². The van der Waals surface area contributed by atoms with Crippen LogP contribution < -0.4 is 5.32 Å². The van der Waals surface area contributed by atoms with E-state index in [0.29, 0.717) is 11.1 Å². The van der Waals surface area contributed by atoms with Crippen molar-refractivity contribution >= 4 is 5.91 Å². The van der Waals surface area contributed by atoms with Gasteiger partial charge in [-0.3, -0.25) is 24.7 Å². The van der Waals surface area contributed by atoms with E-state index in [4.69, 9.17) is 0 Å². The van der Waals surface area contributed by atoms with Crippen LogP contribution >= 0.6 is 0 Å². The Bertz CT molecular complexity index is 1240. The minimum Gasteiger partial charge on any atom is -0.347 e. The van der Waals surface area contributed by atoms with E-state index in [-0.39, 0.29) is 23.8 Å². The molecule has 4 rings (SSSR count). The lowest BCUT2D eigenvalue weighted by molar-refractivity contribution is 0.0946. The summed E-state index contributed by atoms with van der Waals surface area (Å²) in [6.07, 6.45) is 6.51. The molecule has 0 aliphatic carbocycles. The minimum atomic E-state index is -0.453. The van der Waals surface area contributed by atoms with Crippen molar-refractivity contribution in [2.45, 2.75) is 20.4 Å². The molecule has 1 amide bonds. The number of carbonyl (C=O) groups is 1. The van der Waals surface area contributed by atoms with Crippen molar-refractivity contribution in [2.24, 2.45) is 0 Å². The van der Waals surface area contributed by atoms with Crippen molar-refractivity contribution in [2.75, 3.05) is 0 Å². The number of pyridine rings is 4. The van der Waals surface area contributed by atoms with E-state index in [2.05, 4.69) is 25.3 Å². The molecule has 7 heteroatoms. The maximum absolute atomic E-state index is 14.5. The van der Waals surface area contributed by atoms with Gasteiger partial charge < -0.3 is 5.32 Å². The van der Waals surface area contributed by atoms with Gasteiger partial charge in [-0.1, -0.05) is 6.07 Å². The molecule has 0 atom stereocenters. The second-order valence-electron chi connectivity index (χ2n) is 7.14. The molecular weight excluding hydrogens is 393 g/mol. The van der Waals surface area contributed by atoms with E-state index in [9.17, 15) is 9.18 Å². The van der Waals surface area contributed by atoms with Crippen LogP contribution in [-0.4, -0.2) is 25.8 Å². The largest absolute Gasteiger partial charge is 0.347 e. The van der Waals surface area contributed by atoms with Crippen molar-refractivity contribution in [3.63, 3.8) is 0 Å². The SMILES string of the molecule is Cc1cc(-c2ncc(CNC(=O)c3ccc(-c4ncccc4C)cn3)cc2F)ccn1. The summed E-state index contributed by atoms with van der Waals surface area (Å²) in [5.41, 5.74) is 5.22. The summed E-state index contributed by atoms with van der Waals surface area (Å²) in [4.78, 5) is 29.4. The molecule has 0 unspecified atom stereocenters. The molecule has 154 valence electrons. The van der Waals surface area contributed by atoms with Gasteiger partial charge in [-0.05, 0) is 61.4 Å². The van der Waals surface area contributed by atoms with Crippen LogP contribution in [0.5, 0.6) is 0 Å². The van der Waals surface area contributed by atoms with Crippen LogP contribution in [0.4, 0.5) is 4.39 Å². The summed E-state index contributed by atoms with van der Waals surface area (Å²) < 4.78 is 14.5. The van der Waals surface area contributed by atoms with Crippen molar-refractivity contribution in [1.29, 1.82) is 0 Å². The molecule has 0 bridgehead atoms. The van der Waals surface area contributed by atoms with Crippen molar-refractivity contribution < 1.29 is 9.18 Å². The van der Waals surface area contributed by atoms with E-state index < -0.39 is 5.82 Å². The highest BCUT2D eigenvalue weighted by atomic mass is 19.1. The van der Waals surface area contributed by atoms with Crippen molar-refractivity contribution in [3.8, 4) is 22.5 Å². The quantitative estimate of drug-likeness (QED) is 0.528. The summed E-state index contributed by atoms with van der Waals surface area (Å²) in [5.74, 6) is -0.802. The molecule has 31 heavy (non-hydrogen) atoms. The van der Waals surface area contributed by atoms with Crippen molar-refractivity contribution in [3.05, 3.63) is 95.6 Å². The lowest BCUT2D eigenvalue weighted by Gasteiger charge is -2.08. The summed E-state index contributed by atoms with van der Waals surface area (Å²) >= 11 is 0. The number of hydrogen-bond donors (Lipinski definition) is 1. The van der Waals surface area contributed by atoms with Gasteiger partial charge in [0.15, 0.2) is 0 Å². The molecule has 4 aromatic heterocycles. The molecular formula is C24H20FN5O.